The molecule has 2 heterocycles. The van der Waals surface area contributed by atoms with Crippen LogP contribution in [-0.2, 0) is 0 Å². The first kappa shape index (κ1) is 9.00. The van der Waals surface area contributed by atoms with Gasteiger partial charge in [-0.15, -0.1) is 0 Å². The number of pyridine rings is 1. The molecule has 0 saturated heterocycles. The van der Waals surface area contributed by atoms with Crippen LogP contribution < -0.4 is 0 Å². The molecule has 0 aromatic carbocycles. The summed E-state index contributed by atoms with van der Waals surface area (Å²) in [5.74, 6) is 0. The van der Waals surface area contributed by atoms with Gasteiger partial charge in [0.2, 0.25) is 0 Å². The van der Waals surface area contributed by atoms with E-state index in [1.807, 2.05) is 12.1 Å². The summed E-state index contributed by atoms with van der Waals surface area (Å²) < 4.78 is 2.62. The van der Waals surface area contributed by atoms with Crippen molar-refractivity contribution in [3.63, 3.8) is 0 Å². The van der Waals surface area contributed by atoms with Crippen LogP contribution in [0, 0.1) is 0 Å². The molecule has 1 aliphatic heterocycles. The molecule has 0 spiro atoms. The number of rotatable bonds is 2. The molecule has 2 nitrogen and oxygen atoms in total. The van der Waals surface area contributed by atoms with E-state index < -0.39 is 21.4 Å². The Morgan fingerprint density at radius 2 is 2.15 bits per heavy atom. The normalized spacial score (nSPS) is 14.9. The van der Waals surface area contributed by atoms with Gasteiger partial charge in [0.15, 0.2) is 0 Å². The summed E-state index contributed by atoms with van der Waals surface area (Å²) in [5.41, 5.74) is 0.826. The fraction of sp³-hybridized carbons (Fsp3) is 0.200. The van der Waals surface area contributed by atoms with Gasteiger partial charge in [0.05, 0.1) is 0 Å². The van der Waals surface area contributed by atoms with Gasteiger partial charge >= 0.3 is 85.4 Å². The van der Waals surface area contributed by atoms with E-state index in [0.717, 1.165) is 13.9 Å². The van der Waals surface area contributed by atoms with Crippen LogP contribution in [0.2, 0.25) is 8.35 Å². The van der Waals surface area contributed by atoms with Gasteiger partial charge in [-0.05, 0) is 0 Å². The Morgan fingerprint density at radius 1 is 1.38 bits per heavy atom. The molecule has 0 bridgehead atoms. The fourth-order valence-corrected chi connectivity index (χ4v) is 8.15. The average Bonchev–Trinajstić information content (AvgIpc) is 2.71. The van der Waals surface area contributed by atoms with Gasteiger partial charge in [0.1, 0.15) is 0 Å². The van der Waals surface area contributed by atoms with Crippen LogP contribution in [0.5, 0.6) is 0 Å². The quantitative estimate of drug-likeness (QED) is 0.771. The van der Waals surface area contributed by atoms with Gasteiger partial charge in [-0.25, -0.2) is 0 Å². The van der Waals surface area contributed by atoms with Crippen LogP contribution in [0.15, 0.2) is 36.7 Å². The second-order valence-corrected chi connectivity index (χ2v) is 11.4. The van der Waals surface area contributed by atoms with Crippen molar-refractivity contribution in [1.29, 1.82) is 0 Å². The predicted molar refractivity (Wildman–Crippen MR) is 53.1 cm³/mol. The molecule has 64 valence electrons. The van der Waals surface area contributed by atoms with Crippen LogP contribution in [0.1, 0.15) is 10.4 Å². The van der Waals surface area contributed by atoms with Crippen molar-refractivity contribution < 1.29 is 4.79 Å². The van der Waals surface area contributed by atoms with Crippen molar-refractivity contribution in [1.82, 2.24) is 4.98 Å². The predicted octanol–water partition coefficient (Wildman–Crippen LogP) is 1.87. The van der Waals surface area contributed by atoms with Crippen molar-refractivity contribution >= 4 is 25.0 Å². The minimum atomic E-state index is -1.88. The molecular weight excluding hydrogens is 265 g/mol. The second kappa shape index (κ2) is 4.09. The van der Waals surface area contributed by atoms with E-state index in [0.29, 0.717) is 3.54 Å². The third kappa shape index (κ3) is 2.02. The fourth-order valence-electron chi connectivity index (χ4n) is 1.58. The van der Waals surface area contributed by atoms with Gasteiger partial charge in [0, 0.05) is 0 Å². The second-order valence-electron chi connectivity index (χ2n) is 3.25. The molecule has 0 atom stereocenters. The SMILES string of the molecule is O=[C](c1cccnc1)[In]1[CH2]C=C[CH2]1. The molecule has 1 aliphatic rings. The Labute approximate surface area is 85.2 Å². The number of nitrogens with zero attached hydrogens (tertiary/aromatic N) is 1. The first-order chi connectivity index (χ1) is 6.38. The number of carbonyl (C=O) groups is 1. The number of hydrogen-bond donors (Lipinski definition) is 0. The van der Waals surface area contributed by atoms with E-state index in [1.54, 1.807) is 12.4 Å². The van der Waals surface area contributed by atoms with Crippen LogP contribution >= 0.6 is 0 Å². The summed E-state index contributed by atoms with van der Waals surface area (Å²) in [5, 5.41) is 0. The van der Waals surface area contributed by atoms with Gasteiger partial charge in [-0.1, -0.05) is 0 Å². The molecular formula is C10H10InNO. The molecule has 0 aliphatic carbocycles. The molecule has 0 amide bonds. The van der Waals surface area contributed by atoms with Crippen LogP contribution in [0.3, 0.4) is 0 Å². The van der Waals surface area contributed by atoms with Gasteiger partial charge in [-0.2, -0.15) is 0 Å². The Morgan fingerprint density at radius 3 is 2.77 bits per heavy atom. The molecule has 0 fully saturated rings. The zero-order chi connectivity index (χ0) is 9.10. The van der Waals surface area contributed by atoms with Crippen molar-refractivity contribution in [3.05, 3.63) is 42.2 Å². The van der Waals surface area contributed by atoms with E-state index >= 15 is 0 Å². The first-order valence-electron chi connectivity index (χ1n) is 4.47. The Balaban J connectivity index is 2.14. The van der Waals surface area contributed by atoms with Crippen molar-refractivity contribution in [2.24, 2.45) is 0 Å². The molecule has 1 aromatic heterocycles. The van der Waals surface area contributed by atoms with Crippen LogP contribution in [-0.4, -0.2) is 30.0 Å². The first-order valence-corrected chi connectivity index (χ1v) is 10.8. The monoisotopic (exact) mass is 275 g/mol. The minimum absolute atomic E-state index is 0.430. The molecule has 0 saturated carbocycles. The zero-order valence-electron chi connectivity index (χ0n) is 7.31. The Bertz CT molecular complexity index is 326. The average molecular weight is 275 g/mol. The van der Waals surface area contributed by atoms with E-state index in [4.69, 9.17) is 0 Å². The van der Waals surface area contributed by atoms with E-state index in [1.165, 1.54) is 0 Å². The molecule has 0 radical (unpaired) electrons. The van der Waals surface area contributed by atoms with Gasteiger partial charge < -0.3 is 0 Å². The van der Waals surface area contributed by atoms with Crippen molar-refractivity contribution in [2.45, 2.75) is 8.35 Å². The molecule has 0 unspecified atom stereocenters. The third-order valence-corrected chi connectivity index (χ3v) is 10.2. The Kier molecular flexibility index (Phi) is 2.83. The Hall–Kier alpha value is -0.570. The number of aromatic nitrogens is 1. The molecule has 13 heavy (non-hydrogen) atoms. The standard InChI is InChI=1S/C6H4NO.C4H6.In/c8-5-6-2-1-3-7-4-6;1-3-4-2;/h1-4H;3-4H,1-2H2;. The molecule has 0 N–H and O–H groups in total. The third-order valence-electron chi connectivity index (χ3n) is 2.32. The number of allylic oxidation sites excluding steroid dienone is 2. The van der Waals surface area contributed by atoms with Crippen LogP contribution in [0.4, 0.5) is 0 Å². The van der Waals surface area contributed by atoms with E-state index in [2.05, 4.69) is 17.1 Å². The molecule has 3 heteroatoms. The number of hydrogen-bond acceptors (Lipinski definition) is 2. The van der Waals surface area contributed by atoms with E-state index in [-0.39, 0.29) is 0 Å². The summed E-state index contributed by atoms with van der Waals surface area (Å²) in [6, 6.07) is 3.71. The number of carbonyl (C=O) groups excluding carboxylic acids is 1. The summed E-state index contributed by atoms with van der Waals surface area (Å²) >= 11 is -1.88. The maximum atomic E-state index is 11.9. The summed E-state index contributed by atoms with van der Waals surface area (Å²) in [4.78, 5) is 15.8. The summed E-state index contributed by atoms with van der Waals surface area (Å²) in [6.07, 6.45) is 7.72. The van der Waals surface area contributed by atoms with Gasteiger partial charge in [0.25, 0.3) is 0 Å². The van der Waals surface area contributed by atoms with Crippen LogP contribution in [0.25, 0.3) is 0 Å². The summed E-state index contributed by atoms with van der Waals surface area (Å²) in [6.45, 7) is 0. The van der Waals surface area contributed by atoms with E-state index in [9.17, 15) is 4.79 Å². The topological polar surface area (TPSA) is 30.0 Å². The zero-order valence-corrected chi connectivity index (χ0v) is 10.6. The van der Waals surface area contributed by atoms with Gasteiger partial charge in [-0.3, -0.25) is 0 Å². The molecule has 1 aromatic rings. The maximum absolute atomic E-state index is 11.9. The van der Waals surface area contributed by atoms with Crippen molar-refractivity contribution in [3.8, 4) is 0 Å². The summed E-state index contributed by atoms with van der Waals surface area (Å²) in [7, 11) is 0. The molecule has 2 rings (SSSR count). The van der Waals surface area contributed by atoms with Crippen molar-refractivity contribution in [2.75, 3.05) is 0 Å².